The first kappa shape index (κ1) is 19.7. The fourth-order valence-corrected chi connectivity index (χ4v) is 3.87. The highest BCUT2D eigenvalue weighted by Gasteiger charge is 2.18. The number of nitrogens with zero attached hydrogens (tertiary/aromatic N) is 2. The first-order valence-corrected chi connectivity index (χ1v) is 9.73. The van der Waals surface area contributed by atoms with Gasteiger partial charge < -0.3 is 23.4 Å². The molecular weight excluding hydrogens is 408 g/mol. The molecule has 154 valence electrons. The van der Waals surface area contributed by atoms with Crippen LogP contribution in [0.1, 0.15) is 15.6 Å². The van der Waals surface area contributed by atoms with E-state index in [-0.39, 0.29) is 18.4 Å². The van der Waals surface area contributed by atoms with Crippen molar-refractivity contribution in [2.75, 3.05) is 21.3 Å². The van der Waals surface area contributed by atoms with Gasteiger partial charge in [0, 0.05) is 10.3 Å². The van der Waals surface area contributed by atoms with Crippen molar-refractivity contribution in [3.63, 3.8) is 0 Å². The van der Waals surface area contributed by atoms with Gasteiger partial charge in [-0.1, -0.05) is 18.2 Å². The van der Waals surface area contributed by atoms with Crippen LogP contribution < -0.4 is 14.2 Å². The lowest BCUT2D eigenvalue weighted by atomic mass is 10.2. The summed E-state index contributed by atoms with van der Waals surface area (Å²) in [6, 6.07) is 13.0. The Kier molecular flexibility index (Phi) is 5.53. The fraction of sp³-hybridized carbons (Fsp3) is 0.190. The highest BCUT2D eigenvalue weighted by molar-refractivity contribution is 7.20. The van der Waals surface area contributed by atoms with Gasteiger partial charge in [-0.25, -0.2) is 4.79 Å². The molecule has 30 heavy (non-hydrogen) atoms. The van der Waals surface area contributed by atoms with E-state index in [4.69, 9.17) is 23.4 Å². The standard InChI is InChI=1S/C21H18N2O6S/c1-25-14-8-13(9-15(26-2)19(14)27-3)20-23-22-18(29-20)11-28-21(24)17-10-12-6-4-5-7-16(12)30-17/h4-10H,11H2,1-3H3. The maximum atomic E-state index is 12.4. The van der Waals surface area contributed by atoms with E-state index < -0.39 is 5.97 Å². The van der Waals surface area contributed by atoms with E-state index in [9.17, 15) is 4.79 Å². The van der Waals surface area contributed by atoms with Gasteiger partial charge in [0.1, 0.15) is 4.88 Å². The number of esters is 1. The number of fused-ring (bicyclic) bond motifs is 1. The lowest BCUT2D eigenvalue weighted by Gasteiger charge is -2.12. The van der Waals surface area contributed by atoms with Crippen LogP contribution in [0.3, 0.4) is 0 Å². The second-order valence-electron chi connectivity index (χ2n) is 6.14. The van der Waals surface area contributed by atoms with Gasteiger partial charge in [0.05, 0.1) is 21.3 Å². The molecule has 0 aliphatic heterocycles. The third-order valence-corrected chi connectivity index (χ3v) is 5.43. The van der Waals surface area contributed by atoms with E-state index in [2.05, 4.69) is 10.2 Å². The van der Waals surface area contributed by atoms with Crippen LogP contribution in [0, 0.1) is 0 Å². The molecule has 0 atom stereocenters. The highest BCUT2D eigenvalue weighted by atomic mass is 32.1. The lowest BCUT2D eigenvalue weighted by Crippen LogP contribution is -2.03. The number of ether oxygens (including phenoxy) is 4. The summed E-state index contributed by atoms with van der Waals surface area (Å²) in [5.74, 6) is 1.35. The zero-order chi connectivity index (χ0) is 21.1. The molecule has 0 saturated carbocycles. The van der Waals surface area contributed by atoms with E-state index >= 15 is 0 Å². The van der Waals surface area contributed by atoms with Gasteiger partial charge in [-0.2, -0.15) is 0 Å². The lowest BCUT2D eigenvalue weighted by molar-refractivity contribution is 0.0444. The third-order valence-electron chi connectivity index (χ3n) is 4.33. The van der Waals surface area contributed by atoms with Crippen molar-refractivity contribution in [3.05, 3.63) is 53.2 Å². The molecule has 0 N–H and O–H groups in total. The molecule has 0 spiro atoms. The van der Waals surface area contributed by atoms with Crippen molar-refractivity contribution < 1.29 is 28.2 Å². The van der Waals surface area contributed by atoms with Crippen LogP contribution in [-0.2, 0) is 11.3 Å². The fourth-order valence-electron chi connectivity index (χ4n) is 2.91. The zero-order valence-corrected chi connectivity index (χ0v) is 17.3. The first-order chi connectivity index (χ1) is 14.6. The Hall–Kier alpha value is -3.59. The molecule has 9 heteroatoms. The van der Waals surface area contributed by atoms with Gasteiger partial charge >= 0.3 is 5.97 Å². The number of carbonyl (C=O) groups is 1. The smallest absolute Gasteiger partial charge is 0.348 e. The SMILES string of the molecule is COc1cc(-c2nnc(COC(=O)c3cc4ccccc4s3)o2)cc(OC)c1OC. The third kappa shape index (κ3) is 3.79. The predicted molar refractivity (Wildman–Crippen MR) is 110 cm³/mol. The van der Waals surface area contributed by atoms with Gasteiger partial charge in [-0.15, -0.1) is 21.5 Å². The Bertz CT molecular complexity index is 1140. The topological polar surface area (TPSA) is 92.9 Å². The van der Waals surface area contributed by atoms with Gasteiger partial charge in [-0.3, -0.25) is 0 Å². The van der Waals surface area contributed by atoms with Crippen LogP contribution in [0.25, 0.3) is 21.5 Å². The van der Waals surface area contributed by atoms with E-state index in [1.54, 1.807) is 18.2 Å². The summed E-state index contributed by atoms with van der Waals surface area (Å²) < 4.78 is 28.0. The Morgan fingerprint density at radius 3 is 2.40 bits per heavy atom. The number of rotatable bonds is 7. The molecule has 4 aromatic rings. The van der Waals surface area contributed by atoms with Crippen molar-refractivity contribution in [1.29, 1.82) is 0 Å². The number of methoxy groups -OCH3 is 3. The number of thiophene rings is 1. The molecule has 8 nitrogen and oxygen atoms in total. The molecule has 0 aliphatic rings. The molecule has 0 aliphatic carbocycles. The Labute approximate surface area is 176 Å². The Balaban J connectivity index is 1.49. The van der Waals surface area contributed by atoms with Crippen molar-refractivity contribution in [2.45, 2.75) is 6.61 Å². The summed E-state index contributed by atoms with van der Waals surface area (Å²) in [6.45, 7) is -0.134. The second-order valence-corrected chi connectivity index (χ2v) is 7.22. The van der Waals surface area contributed by atoms with Crippen molar-refractivity contribution in [1.82, 2.24) is 10.2 Å². The first-order valence-electron chi connectivity index (χ1n) is 8.91. The van der Waals surface area contributed by atoms with Crippen molar-refractivity contribution in [3.8, 4) is 28.7 Å². The summed E-state index contributed by atoms with van der Waals surface area (Å²) >= 11 is 1.37. The van der Waals surface area contributed by atoms with E-state index in [1.807, 2.05) is 24.3 Å². The summed E-state index contributed by atoms with van der Waals surface area (Å²) in [7, 11) is 4.57. The number of hydrogen-bond donors (Lipinski definition) is 0. The summed E-state index contributed by atoms with van der Waals surface area (Å²) in [6.07, 6.45) is 0. The highest BCUT2D eigenvalue weighted by Crippen LogP contribution is 2.40. The van der Waals surface area contributed by atoms with Gasteiger partial charge in [0.2, 0.25) is 11.6 Å². The number of benzene rings is 2. The molecule has 0 unspecified atom stereocenters. The summed E-state index contributed by atoms with van der Waals surface area (Å²) in [5.41, 5.74) is 0.582. The molecule has 2 aromatic carbocycles. The van der Waals surface area contributed by atoms with Crippen LogP contribution in [0.5, 0.6) is 17.2 Å². The maximum Gasteiger partial charge on any atom is 0.348 e. The van der Waals surface area contributed by atoms with Gasteiger partial charge in [0.15, 0.2) is 18.1 Å². The van der Waals surface area contributed by atoms with Gasteiger partial charge in [0.25, 0.3) is 5.89 Å². The molecule has 0 bridgehead atoms. The molecule has 0 amide bonds. The average molecular weight is 426 g/mol. The summed E-state index contributed by atoms with van der Waals surface area (Å²) in [5, 5.41) is 8.97. The average Bonchev–Trinajstić information content (AvgIpc) is 3.43. The van der Waals surface area contributed by atoms with E-state index in [0.29, 0.717) is 27.7 Å². The predicted octanol–water partition coefficient (Wildman–Crippen LogP) is 4.33. The quantitative estimate of drug-likeness (QED) is 0.403. The van der Waals surface area contributed by atoms with Crippen molar-refractivity contribution in [2.24, 2.45) is 0 Å². The van der Waals surface area contributed by atoms with Crippen LogP contribution in [0.2, 0.25) is 0 Å². The molecule has 2 heterocycles. The number of aromatic nitrogens is 2. The summed E-state index contributed by atoms with van der Waals surface area (Å²) in [4.78, 5) is 12.9. The van der Waals surface area contributed by atoms with Gasteiger partial charge in [-0.05, 0) is 29.7 Å². The largest absolute Gasteiger partial charge is 0.493 e. The molecule has 2 aromatic heterocycles. The number of carbonyl (C=O) groups excluding carboxylic acids is 1. The Morgan fingerprint density at radius 2 is 1.73 bits per heavy atom. The zero-order valence-electron chi connectivity index (χ0n) is 16.5. The van der Waals surface area contributed by atoms with Crippen molar-refractivity contribution >= 4 is 27.4 Å². The van der Waals surface area contributed by atoms with E-state index in [1.165, 1.54) is 32.7 Å². The minimum absolute atomic E-state index is 0.134. The minimum Gasteiger partial charge on any atom is -0.493 e. The molecule has 4 rings (SSSR count). The van der Waals surface area contributed by atoms with Crippen LogP contribution in [-0.4, -0.2) is 37.5 Å². The Morgan fingerprint density at radius 1 is 1.00 bits per heavy atom. The molecular formula is C21H18N2O6S. The van der Waals surface area contributed by atoms with Crippen LogP contribution in [0.4, 0.5) is 0 Å². The minimum atomic E-state index is -0.441. The molecule has 0 radical (unpaired) electrons. The van der Waals surface area contributed by atoms with Crippen LogP contribution >= 0.6 is 11.3 Å². The molecule has 0 saturated heterocycles. The van der Waals surface area contributed by atoms with Crippen LogP contribution in [0.15, 0.2) is 46.9 Å². The molecule has 0 fully saturated rings. The monoisotopic (exact) mass is 426 g/mol. The van der Waals surface area contributed by atoms with E-state index in [0.717, 1.165) is 10.1 Å². The normalized spacial score (nSPS) is 10.8. The second kappa shape index (κ2) is 8.42. The maximum absolute atomic E-state index is 12.4. The number of hydrogen-bond acceptors (Lipinski definition) is 9.